The Morgan fingerprint density at radius 3 is 2.31 bits per heavy atom. The van der Waals surface area contributed by atoms with Gasteiger partial charge in [0.1, 0.15) is 5.82 Å². The second kappa shape index (κ2) is 8.13. The molecule has 4 nitrogen and oxygen atoms in total. The van der Waals surface area contributed by atoms with Crippen molar-refractivity contribution in [1.82, 2.24) is 5.32 Å². The van der Waals surface area contributed by atoms with Crippen molar-refractivity contribution in [1.29, 1.82) is 0 Å². The summed E-state index contributed by atoms with van der Waals surface area (Å²) in [5, 5.41) is 2.86. The molecular formula is C21H22FNO3. The van der Waals surface area contributed by atoms with Gasteiger partial charge in [-0.15, -0.1) is 0 Å². The van der Waals surface area contributed by atoms with E-state index in [4.69, 9.17) is 4.74 Å². The Morgan fingerprint density at radius 1 is 1.08 bits per heavy atom. The highest BCUT2D eigenvalue weighted by atomic mass is 19.1. The predicted octanol–water partition coefficient (Wildman–Crippen LogP) is 3.88. The number of benzene rings is 2. The molecule has 5 heteroatoms. The van der Waals surface area contributed by atoms with E-state index in [9.17, 15) is 14.0 Å². The van der Waals surface area contributed by atoms with E-state index in [2.05, 4.69) is 5.32 Å². The first-order valence-corrected chi connectivity index (χ1v) is 8.89. The Morgan fingerprint density at radius 2 is 1.73 bits per heavy atom. The zero-order valence-corrected chi connectivity index (χ0v) is 14.7. The third-order valence-electron chi connectivity index (χ3n) is 4.46. The molecule has 0 aromatic heterocycles. The van der Waals surface area contributed by atoms with Gasteiger partial charge in [0.15, 0.2) is 0 Å². The van der Waals surface area contributed by atoms with E-state index in [1.807, 2.05) is 37.3 Å². The van der Waals surface area contributed by atoms with E-state index in [-0.39, 0.29) is 11.9 Å². The second-order valence-electron chi connectivity index (χ2n) is 6.52. The van der Waals surface area contributed by atoms with Gasteiger partial charge in [-0.1, -0.05) is 49.4 Å². The highest BCUT2D eigenvalue weighted by Gasteiger charge is 2.32. The third kappa shape index (κ3) is 4.48. The van der Waals surface area contributed by atoms with Crippen molar-refractivity contribution in [2.75, 3.05) is 0 Å². The van der Waals surface area contributed by atoms with Crippen LogP contribution in [0.25, 0.3) is 0 Å². The molecule has 0 radical (unpaired) electrons. The van der Waals surface area contributed by atoms with Gasteiger partial charge in [-0.3, -0.25) is 9.59 Å². The average Bonchev–Trinajstić information content (AvgIpc) is 3.46. The lowest BCUT2D eigenvalue weighted by Gasteiger charge is -2.21. The van der Waals surface area contributed by atoms with Crippen molar-refractivity contribution in [3.63, 3.8) is 0 Å². The summed E-state index contributed by atoms with van der Waals surface area (Å²) < 4.78 is 18.8. The SMILES string of the molecule is CCC(C(=O)OC(C(=O)NC1CC1)c1ccc(F)cc1)c1ccccc1. The summed E-state index contributed by atoms with van der Waals surface area (Å²) in [5.41, 5.74) is 1.31. The minimum Gasteiger partial charge on any atom is -0.447 e. The van der Waals surface area contributed by atoms with Gasteiger partial charge >= 0.3 is 5.97 Å². The van der Waals surface area contributed by atoms with Crippen LogP contribution in [0.1, 0.15) is 49.3 Å². The fourth-order valence-corrected chi connectivity index (χ4v) is 2.84. The Hall–Kier alpha value is -2.69. The van der Waals surface area contributed by atoms with E-state index in [0.29, 0.717) is 12.0 Å². The first kappa shape index (κ1) is 18.1. The number of amides is 1. The second-order valence-corrected chi connectivity index (χ2v) is 6.52. The summed E-state index contributed by atoms with van der Waals surface area (Å²) in [7, 11) is 0. The molecule has 0 bridgehead atoms. The fourth-order valence-electron chi connectivity index (χ4n) is 2.84. The number of hydrogen-bond acceptors (Lipinski definition) is 3. The number of rotatable bonds is 7. The number of carbonyl (C=O) groups excluding carboxylic acids is 2. The molecule has 2 unspecified atom stereocenters. The van der Waals surface area contributed by atoms with Crippen LogP contribution in [0.2, 0.25) is 0 Å². The van der Waals surface area contributed by atoms with Crippen LogP contribution in [0, 0.1) is 5.82 Å². The Balaban J connectivity index is 1.80. The third-order valence-corrected chi connectivity index (χ3v) is 4.46. The number of ether oxygens (including phenoxy) is 1. The van der Waals surface area contributed by atoms with Crippen molar-refractivity contribution in [2.45, 2.75) is 44.2 Å². The van der Waals surface area contributed by atoms with Crippen LogP contribution < -0.4 is 5.32 Å². The first-order valence-electron chi connectivity index (χ1n) is 8.89. The molecule has 0 saturated heterocycles. The first-order chi connectivity index (χ1) is 12.6. The van der Waals surface area contributed by atoms with Gasteiger partial charge in [0.25, 0.3) is 5.91 Å². The molecule has 26 heavy (non-hydrogen) atoms. The van der Waals surface area contributed by atoms with Gasteiger partial charge in [-0.05, 0) is 37.0 Å². The lowest BCUT2D eigenvalue weighted by atomic mass is 9.96. The van der Waals surface area contributed by atoms with Crippen molar-refractivity contribution in [3.8, 4) is 0 Å². The van der Waals surface area contributed by atoms with Crippen LogP contribution in [0.5, 0.6) is 0 Å². The maximum atomic E-state index is 13.2. The highest BCUT2D eigenvalue weighted by Crippen LogP contribution is 2.27. The topological polar surface area (TPSA) is 55.4 Å². The van der Waals surface area contributed by atoms with E-state index in [1.165, 1.54) is 24.3 Å². The number of carbonyl (C=O) groups is 2. The van der Waals surface area contributed by atoms with Crippen LogP contribution in [0.15, 0.2) is 54.6 Å². The lowest BCUT2D eigenvalue weighted by Crippen LogP contribution is -2.34. The summed E-state index contributed by atoms with van der Waals surface area (Å²) in [6, 6.07) is 15.0. The maximum absolute atomic E-state index is 13.2. The van der Waals surface area contributed by atoms with Crippen molar-refractivity contribution in [2.24, 2.45) is 0 Å². The van der Waals surface area contributed by atoms with Gasteiger partial charge in [-0.25, -0.2) is 4.39 Å². The highest BCUT2D eigenvalue weighted by molar-refractivity contribution is 5.87. The Kier molecular flexibility index (Phi) is 5.66. The minimum absolute atomic E-state index is 0.139. The molecule has 2 aromatic carbocycles. The molecular weight excluding hydrogens is 333 g/mol. The summed E-state index contributed by atoms with van der Waals surface area (Å²) in [4.78, 5) is 25.3. The van der Waals surface area contributed by atoms with Crippen LogP contribution in [0.3, 0.4) is 0 Å². The van der Waals surface area contributed by atoms with Gasteiger partial charge in [-0.2, -0.15) is 0 Å². The molecule has 2 aromatic rings. The summed E-state index contributed by atoms with van der Waals surface area (Å²) in [6.07, 6.45) is 1.33. The maximum Gasteiger partial charge on any atom is 0.314 e. The summed E-state index contributed by atoms with van der Waals surface area (Å²) in [5.74, 6) is -1.68. The van der Waals surface area contributed by atoms with Crippen molar-refractivity contribution < 1.29 is 18.7 Å². The van der Waals surface area contributed by atoms with Crippen LogP contribution in [-0.4, -0.2) is 17.9 Å². The molecule has 1 aliphatic rings. The van der Waals surface area contributed by atoms with Crippen LogP contribution in [0.4, 0.5) is 4.39 Å². The Bertz CT molecular complexity index is 757. The molecule has 1 amide bonds. The Labute approximate surface area is 152 Å². The average molecular weight is 355 g/mol. The standard InChI is InChI=1S/C21H22FNO3/c1-2-18(14-6-4-3-5-7-14)21(25)26-19(20(24)23-17-12-13-17)15-8-10-16(22)11-9-15/h3-11,17-19H,2,12-13H2,1H3,(H,23,24). The molecule has 3 rings (SSSR count). The van der Waals surface area contributed by atoms with Crippen molar-refractivity contribution >= 4 is 11.9 Å². The molecule has 1 aliphatic carbocycles. The zero-order valence-electron chi connectivity index (χ0n) is 14.7. The molecule has 136 valence electrons. The normalized spacial score (nSPS) is 15.8. The largest absolute Gasteiger partial charge is 0.447 e. The molecule has 0 aliphatic heterocycles. The predicted molar refractivity (Wildman–Crippen MR) is 95.9 cm³/mol. The van der Waals surface area contributed by atoms with Gasteiger partial charge in [0.2, 0.25) is 6.10 Å². The lowest BCUT2D eigenvalue weighted by molar-refractivity contribution is -0.158. The fraction of sp³-hybridized carbons (Fsp3) is 0.333. The minimum atomic E-state index is -1.08. The molecule has 1 saturated carbocycles. The van der Waals surface area contributed by atoms with E-state index in [1.54, 1.807) is 0 Å². The number of esters is 1. The van der Waals surface area contributed by atoms with Gasteiger partial charge in [0, 0.05) is 11.6 Å². The number of hydrogen-bond donors (Lipinski definition) is 1. The number of halogens is 1. The smallest absolute Gasteiger partial charge is 0.314 e. The summed E-state index contributed by atoms with van der Waals surface area (Å²) >= 11 is 0. The van der Waals surface area contributed by atoms with Crippen molar-refractivity contribution in [3.05, 3.63) is 71.5 Å². The van der Waals surface area contributed by atoms with Gasteiger partial charge in [0.05, 0.1) is 5.92 Å². The zero-order chi connectivity index (χ0) is 18.5. The molecule has 0 spiro atoms. The molecule has 1 N–H and O–H groups in total. The van der Waals surface area contributed by atoms with Gasteiger partial charge < -0.3 is 10.1 Å². The monoisotopic (exact) mass is 355 g/mol. The molecule has 2 atom stereocenters. The number of nitrogens with one attached hydrogen (secondary N) is 1. The summed E-state index contributed by atoms with van der Waals surface area (Å²) in [6.45, 7) is 1.90. The molecule has 1 fully saturated rings. The van der Waals surface area contributed by atoms with E-state index in [0.717, 1.165) is 18.4 Å². The van der Waals surface area contributed by atoms with Crippen LogP contribution in [-0.2, 0) is 14.3 Å². The molecule has 0 heterocycles. The van der Waals surface area contributed by atoms with E-state index < -0.39 is 23.8 Å². The van der Waals surface area contributed by atoms with E-state index >= 15 is 0 Å². The quantitative estimate of drug-likeness (QED) is 0.767. The van der Waals surface area contributed by atoms with Crippen LogP contribution >= 0.6 is 0 Å².